The molecule has 3 heterocycles. The Labute approximate surface area is 149 Å². The number of aryl methyl sites for hydroxylation is 1. The molecule has 0 radical (unpaired) electrons. The molecule has 26 heavy (non-hydrogen) atoms. The fraction of sp³-hybridized carbons (Fsp3) is 0.118. The van der Waals surface area contributed by atoms with Gasteiger partial charge in [-0.3, -0.25) is 5.10 Å². The van der Waals surface area contributed by atoms with Crippen molar-refractivity contribution >= 4 is 21.1 Å². The minimum absolute atomic E-state index is 0.0382. The molecule has 0 aliphatic heterocycles. The Bertz CT molecular complexity index is 1170. The number of aromatic amines is 1. The van der Waals surface area contributed by atoms with Crippen LogP contribution >= 0.6 is 0 Å². The van der Waals surface area contributed by atoms with Crippen molar-refractivity contribution in [3.63, 3.8) is 0 Å². The van der Waals surface area contributed by atoms with Crippen molar-refractivity contribution in [2.24, 2.45) is 0 Å². The van der Waals surface area contributed by atoms with Gasteiger partial charge in [0.05, 0.1) is 5.39 Å². The number of pyridine rings is 1. The number of benzene rings is 1. The van der Waals surface area contributed by atoms with Gasteiger partial charge < -0.3 is 4.52 Å². The topological polar surface area (TPSA) is 114 Å². The molecule has 0 fully saturated rings. The molecule has 132 valence electrons. The van der Waals surface area contributed by atoms with Crippen molar-refractivity contribution in [1.29, 1.82) is 0 Å². The Kier molecular flexibility index (Phi) is 4.02. The number of nitrogens with one attached hydrogen (secondary N) is 2. The van der Waals surface area contributed by atoms with E-state index >= 15 is 0 Å². The summed E-state index contributed by atoms with van der Waals surface area (Å²) in [5.74, 6) is 0.556. The normalized spacial score (nSPS) is 11.9. The minimum atomic E-state index is -3.84. The first kappa shape index (κ1) is 16.4. The average Bonchev–Trinajstić information content (AvgIpc) is 3.25. The summed E-state index contributed by atoms with van der Waals surface area (Å²) in [5, 5.41) is 10.9. The van der Waals surface area contributed by atoms with E-state index in [1.165, 1.54) is 0 Å². The van der Waals surface area contributed by atoms with E-state index in [1.807, 2.05) is 30.3 Å². The number of hydrogen-bond acceptors (Lipinski definition) is 6. The highest BCUT2D eigenvalue weighted by molar-refractivity contribution is 7.89. The second-order valence-electron chi connectivity index (χ2n) is 5.68. The van der Waals surface area contributed by atoms with Crippen LogP contribution in [-0.2, 0) is 16.6 Å². The number of sulfonamides is 1. The molecule has 0 saturated heterocycles. The van der Waals surface area contributed by atoms with Crippen LogP contribution in [0.5, 0.6) is 0 Å². The average molecular weight is 369 g/mol. The van der Waals surface area contributed by atoms with Crippen LogP contribution in [0.25, 0.3) is 22.3 Å². The molecule has 0 spiro atoms. The Hall–Kier alpha value is -3.04. The van der Waals surface area contributed by atoms with Crippen LogP contribution in [0.2, 0.25) is 0 Å². The lowest BCUT2D eigenvalue weighted by atomic mass is 10.1. The molecule has 0 saturated carbocycles. The van der Waals surface area contributed by atoms with Crippen LogP contribution in [0.15, 0.2) is 58.2 Å². The van der Waals surface area contributed by atoms with Crippen molar-refractivity contribution in [1.82, 2.24) is 25.1 Å². The number of rotatable bonds is 5. The van der Waals surface area contributed by atoms with Crippen LogP contribution < -0.4 is 4.72 Å². The summed E-state index contributed by atoms with van der Waals surface area (Å²) in [6.45, 7) is 1.79. The lowest BCUT2D eigenvalue weighted by Crippen LogP contribution is -2.24. The van der Waals surface area contributed by atoms with E-state index in [-0.39, 0.29) is 11.6 Å². The second kappa shape index (κ2) is 6.36. The Morgan fingerprint density at radius 2 is 1.96 bits per heavy atom. The summed E-state index contributed by atoms with van der Waals surface area (Å²) in [6.07, 6.45) is 1.57. The van der Waals surface area contributed by atoms with E-state index in [9.17, 15) is 8.42 Å². The molecule has 2 N–H and O–H groups in total. The summed E-state index contributed by atoms with van der Waals surface area (Å²) in [4.78, 5) is 4.06. The van der Waals surface area contributed by atoms with Gasteiger partial charge in [0.1, 0.15) is 11.5 Å². The monoisotopic (exact) mass is 369 g/mol. The zero-order chi connectivity index (χ0) is 18.1. The molecular weight excluding hydrogens is 354 g/mol. The SMILES string of the molecule is Cc1onc(-c2ccccc2)c1CNS(=O)(=O)c1n[nH]c2ncccc12. The molecule has 4 aromatic rings. The molecule has 0 unspecified atom stereocenters. The predicted molar refractivity (Wildman–Crippen MR) is 94.6 cm³/mol. The highest BCUT2D eigenvalue weighted by Gasteiger charge is 2.23. The van der Waals surface area contributed by atoms with Crippen LogP contribution in [0.3, 0.4) is 0 Å². The van der Waals surface area contributed by atoms with Crippen LogP contribution in [0.4, 0.5) is 0 Å². The van der Waals surface area contributed by atoms with Gasteiger partial charge >= 0.3 is 0 Å². The zero-order valence-electron chi connectivity index (χ0n) is 13.8. The number of H-pyrrole nitrogens is 1. The maximum atomic E-state index is 12.7. The van der Waals surface area contributed by atoms with Gasteiger partial charge in [0.2, 0.25) is 5.03 Å². The van der Waals surface area contributed by atoms with Gasteiger partial charge in [-0.2, -0.15) is 5.10 Å². The first-order chi connectivity index (χ1) is 12.6. The van der Waals surface area contributed by atoms with Gasteiger partial charge in [0, 0.05) is 23.9 Å². The van der Waals surface area contributed by atoms with E-state index < -0.39 is 10.0 Å². The highest BCUT2D eigenvalue weighted by Crippen LogP contribution is 2.25. The molecule has 3 aromatic heterocycles. The third kappa shape index (κ3) is 2.87. The lowest BCUT2D eigenvalue weighted by molar-refractivity contribution is 0.398. The number of hydrogen-bond donors (Lipinski definition) is 2. The second-order valence-corrected chi connectivity index (χ2v) is 7.37. The van der Waals surface area contributed by atoms with Gasteiger partial charge in [0.25, 0.3) is 10.0 Å². The number of fused-ring (bicyclic) bond motifs is 1. The van der Waals surface area contributed by atoms with E-state index in [0.717, 1.165) is 5.56 Å². The maximum absolute atomic E-state index is 12.7. The van der Waals surface area contributed by atoms with Crippen LogP contribution in [0, 0.1) is 6.92 Å². The van der Waals surface area contributed by atoms with Gasteiger partial charge in [-0.05, 0) is 19.1 Å². The largest absolute Gasteiger partial charge is 0.361 e. The standard InChI is InChI=1S/C17H15N5O3S/c1-11-14(15(22-25-11)12-6-3-2-4-7-12)10-19-26(23,24)17-13-8-5-9-18-16(13)20-21-17/h2-9,19H,10H2,1H3,(H,18,20,21). The summed E-state index contributed by atoms with van der Waals surface area (Å²) in [5.41, 5.74) is 2.56. The maximum Gasteiger partial charge on any atom is 0.260 e. The lowest BCUT2D eigenvalue weighted by Gasteiger charge is -2.06. The minimum Gasteiger partial charge on any atom is -0.361 e. The summed E-state index contributed by atoms with van der Waals surface area (Å²) < 4.78 is 33.2. The van der Waals surface area contributed by atoms with Gasteiger partial charge in [-0.1, -0.05) is 35.5 Å². The van der Waals surface area contributed by atoms with E-state index in [1.54, 1.807) is 25.3 Å². The smallest absolute Gasteiger partial charge is 0.260 e. The van der Waals surface area contributed by atoms with Gasteiger partial charge in [-0.15, -0.1) is 0 Å². The van der Waals surface area contributed by atoms with E-state index in [0.29, 0.717) is 28.1 Å². The molecule has 1 aromatic carbocycles. The van der Waals surface area contributed by atoms with Crippen LogP contribution in [0.1, 0.15) is 11.3 Å². The van der Waals surface area contributed by atoms with Crippen molar-refractivity contribution in [2.45, 2.75) is 18.5 Å². The Balaban J connectivity index is 1.64. The van der Waals surface area contributed by atoms with Crippen molar-refractivity contribution < 1.29 is 12.9 Å². The highest BCUT2D eigenvalue weighted by atomic mass is 32.2. The number of nitrogens with zero attached hydrogens (tertiary/aromatic N) is 3. The molecule has 4 rings (SSSR count). The van der Waals surface area contributed by atoms with Crippen molar-refractivity contribution in [2.75, 3.05) is 0 Å². The fourth-order valence-electron chi connectivity index (χ4n) is 2.69. The van der Waals surface area contributed by atoms with Crippen LogP contribution in [-0.4, -0.2) is 28.8 Å². The summed E-state index contributed by atoms with van der Waals surface area (Å²) in [6, 6.07) is 12.8. The first-order valence-corrected chi connectivity index (χ1v) is 9.34. The Morgan fingerprint density at radius 3 is 2.77 bits per heavy atom. The zero-order valence-corrected chi connectivity index (χ0v) is 14.6. The fourth-order valence-corrected chi connectivity index (χ4v) is 3.78. The number of aromatic nitrogens is 4. The molecule has 0 aliphatic carbocycles. The summed E-state index contributed by atoms with van der Waals surface area (Å²) >= 11 is 0. The molecule has 0 aliphatic rings. The summed E-state index contributed by atoms with van der Waals surface area (Å²) in [7, 11) is -3.84. The molecule has 9 heteroatoms. The quantitative estimate of drug-likeness (QED) is 0.558. The van der Waals surface area contributed by atoms with Crippen molar-refractivity contribution in [3.05, 3.63) is 60.0 Å². The van der Waals surface area contributed by atoms with Crippen molar-refractivity contribution in [3.8, 4) is 11.3 Å². The third-order valence-electron chi connectivity index (χ3n) is 4.03. The van der Waals surface area contributed by atoms with Gasteiger partial charge in [-0.25, -0.2) is 18.1 Å². The molecule has 0 amide bonds. The Morgan fingerprint density at radius 1 is 1.15 bits per heavy atom. The molecule has 0 bridgehead atoms. The van der Waals surface area contributed by atoms with E-state index in [2.05, 4.69) is 25.1 Å². The predicted octanol–water partition coefficient (Wildman–Crippen LogP) is 2.40. The molecule has 0 atom stereocenters. The first-order valence-electron chi connectivity index (χ1n) is 7.85. The molecular formula is C17H15N5O3S. The third-order valence-corrected chi connectivity index (χ3v) is 5.37. The molecule has 8 nitrogen and oxygen atoms in total. The van der Waals surface area contributed by atoms with E-state index in [4.69, 9.17) is 4.52 Å². The van der Waals surface area contributed by atoms with Gasteiger partial charge in [0.15, 0.2) is 5.65 Å².